The Morgan fingerprint density at radius 3 is 2.78 bits per heavy atom. The summed E-state index contributed by atoms with van der Waals surface area (Å²) in [7, 11) is 0. The van der Waals surface area contributed by atoms with Gasteiger partial charge in [-0.05, 0) is 40.4 Å². The molecule has 2 rings (SSSR count). The normalized spacial score (nSPS) is 16.5. The lowest BCUT2D eigenvalue weighted by molar-refractivity contribution is -0.116. The van der Waals surface area contributed by atoms with Crippen LogP contribution >= 0.6 is 15.9 Å². The van der Waals surface area contributed by atoms with Crippen LogP contribution < -0.4 is 5.32 Å². The van der Waals surface area contributed by atoms with Gasteiger partial charge >= 0.3 is 0 Å². The maximum absolute atomic E-state index is 11.8. The Labute approximate surface area is 117 Å². The SMILES string of the molecule is O=C(CCC1CCCCC1)Nc1ccc(Br)cn1. The van der Waals surface area contributed by atoms with Gasteiger partial charge in [-0.2, -0.15) is 0 Å². The Balaban J connectivity index is 1.73. The van der Waals surface area contributed by atoms with Crippen molar-refractivity contribution >= 4 is 27.7 Å². The first-order valence-corrected chi connectivity index (χ1v) is 7.45. The number of carbonyl (C=O) groups is 1. The molecular weight excluding hydrogens is 292 g/mol. The van der Waals surface area contributed by atoms with Gasteiger partial charge in [-0.1, -0.05) is 32.1 Å². The molecule has 18 heavy (non-hydrogen) atoms. The summed E-state index contributed by atoms with van der Waals surface area (Å²) < 4.78 is 0.919. The molecule has 0 saturated heterocycles. The molecule has 1 aromatic heterocycles. The van der Waals surface area contributed by atoms with Crippen molar-refractivity contribution in [3.8, 4) is 0 Å². The zero-order valence-corrected chi connectivity index (χ0v) is 12.1. The third-order valence-corrected chi connectivity index (χ3v) is 3.97. The van der Waals surface area contributed by atoms with Crippen LogP contribution in [0.5, 0.6) is 0 Å². The van der Waals surface area contributed by atoms with E-state index in [4.69, 9.17) is 0 Å². The second-order valence-corrected chi connectivity index (χ2v) is 5.87. The number of halogens is 1. The Bertz CT molecular complexity index is 385. The predicted octanol–water partition coefficient (Wildman–Crippen LogP) is 4.14. The zero-order chi connectivity index (χ0) is 12.8. The monoisotopic (exact) mass is 310 g/mol. The maximum Gasteiger partial charge on any atom is 0.225 e. The van der Waals surface area contributed by atoms with Crippen LogP contribution in [0, 0.1) is 5.92 Å². The number of hydrogen-bond donors (Lipinski definition) is 1. The minimum Gasteiger partial charge on any atom is -0.311 e. The highest BCUT2D eigenvalue weighted by Crippen LogP contribution is 2.27. The first-order chi connectivity index (χ1) is 8.74. The molecule has 1 amide bonds. The van der Waals surface area contributed by atoms with E-state index in [9.17, 15) is 4.79 Å². The summed E-state index contributed by atoms with van der Waals surface area (Å²) in [4.78, 5) is 15.9. The quantitative estimate of drug-likeness (QED) is 0.908. The average Bonchev–Trinajstić information content (AvgIpc) is 2.40. The van der Waals surface area contributed by atoms with E-state index in [1.165, 1.54) is 32.1 Å². The van der Waals surface area contributed by atoms with Gasteiger partial charge in [-0.15, -0.1) is 0 Å². The average molecular weight is 311 g/mol. The third-order valence-electron chi connectivity index (χ3n) is 3.50. The van der Waals surface area contributed by atoms with Crippen molar-refractivity contribution in [2.45, 2.75) is 44.9 Å². The fourth-order valence-electron chi connectivity index (χ4n) is 2.47. The van der Waals surface area contributed by atoms with E-state index < -0.39 is 0 Å². The minimum absolute atomic E-state index is 0.0791. The van der Waals surface area contributed by atoms with Crippen molar-refractivity contribution < 1.29 is 4.79 Å². The number of nitrogens with zero attached hydrogens (tertiary/aromatic N) is 1. The number of aromatic nitrogens is 1. The van der Waals surface area contributed by atoms with Gasteiger partial charge < -0.3 is 5.32 Å². The van der Waals surface area contributed by atoms with Crippen LogP contribution in [-0.2, 0) is 4.79 Å². The highest BCUT2D eigenvalue weighted by Gasteiger charge is 2.14. The molecule has 0 unspecified atom stereocenters. The topological polar surface area (TPSA) is 42.0 Å². The van der Waals surface area contributed by atoms with Crippen molar-refractivity contribution in [2.24, 2.45) is 5.92 Å². The summed E-state index contributed by atoms with van der Waals surface area (Å²) in [5.41, 5.74) is 0. The number of carbonyl (C=O) groups excluding carboxylic acids is 1. The zero-order valence-electron chi connectivity index (χ0n) is 10.5. The van der Waals surface area contributed by atoms with E-state index in [0.29, 0.717) is 12.2 Å². The van der Waals surface area contributed by atoms with Crippen molar-refractivity contribution in [3.05, 3.63) is 22.8 Å². The number of rotatable bonds is 4. The van der Waals surface area contributed by atoms with E-state index in [-0.39, 0.29) is 5.91 Å². The standard InChI is InChI=1S/C14H19BrN2O/c15-12-7-8-13(16-10-12)17-14(18)9-6-11-4-2-1-3-5-11/h7-8,10-11H,1-6,9H2,(H,16,17,18). The molecule has 0 atom stereocenters. The molecule has 1 N–H and O–H groups in total. The number of nitrogens with one attached hydrogen (secondary N) is 1. The second-order valence-electron chi connectivity index (χ2n) is 4.95. The lowest BCUT2D eigenvalue weighted by atomic mass is 9.86. The lowest BCUT2D eigenvalue weighted by Crippen LogP contribution is -2.15. The van der Waals surface area contributed by atoms with Crippen LogP contribution in [-0.4, -0.2) is 10.9 Å². The molecule has 3 nitrogen and oxygen atoms in total. The van der Waals surface area contributed by atoms with Crippen LogP contribution in [0.3, 0.4) is 0 Å². The Kier molecular flexibility index (Phi) is 5.17. The second kappa shape index (κ2) is 6.88. The van der Waals surface area contributed by atoms with Gasteiger partial charge in [0.25, 0.3) is 0 Å². The molecule has 1 aliphatic carbocycles. The Hall–Kier alpha value is -0.900. The molecule has 0 spiro atoms. The third kappa shape index (κ3) is 4.41. The molecule has 0 radical (unpaired) electrons. The van der Waals surface area contributed by atoms with Gasteiger partial charge in [0.15, 0.2) is 0 Å². The molecule has 1 aliphatic rings. The van der Waals surface area contributed by atoms with Crippen molar-refractivity contribution in [3.63, 3.8) is 0 Å². The molecule has 0 bridgehead atoms. The van der Waals surface area contributed by atoms with E-state index in [0.717, 1.165) is 16.8 Å². The van der Waals surface area contributed by atoms with Crippen LogP contribution in [0.15, 0.2) is 22.8 Å². The van der Waals surface area contributed by atoms with Gasteiger partial charge in [0.05, 0.1) is 0 Å². The maximum atomic E-state index is 11.8. The summed E-state index contributed by atoms with van der Waals surface area (Å²) in [6, 6.07) is 3.69. The van der Waals surface area contributed by atoms with E-state index in [1.54, 1.807) is 6.20 Å². The van der Waals surface area contributed by atoms with E-state index in [2.05, 4.69) is 26.2 Å². The first kappa shape index (κ1) is 13.5. The fourth-order valence-corrected chi connectivity index (χ4v) is 2.70. The summed E-state index contributed by atoms with van der Waals surface area (Å²) >= 11 is 3.32. The van der Waals surface area contributed by atoms with Gasteiger partial charge in [-0.3, -0.25) is 4.79 Å². The molecule has 98 valence electrons. The molecule has 4 heteroatoms. The molecule has 1 aromatic rings. The van der Waals surface area contributed by atoms with Crippen LogP contribution in [0.1, 0.15) is 44.9 Å². The number of pyridine rings is 1. The summed E-state index contributed by atoms with van der Waals surface area (Å²) in [6.07, 6.45) is 9.95. The van der Waals surface area contributed by atoms with Gasteiger partial charge in [0.2, 0.25) is 5.91 Å². The summed E-state index contributed by atoms with van der Waals surface area (Å²) in [5, 5.41) is 2.84. The van der Waals surface area contributed by atoms with E-state index in [1.807, 2.05) is 12.1 Å². The number of hydrogen-bond acceptors (Lipinski definition) is 2. The minimum atomic E-state index is 0.0791. The Morgan fingerprint density at radius 2 is 2.11 bits per heavy atom. The smallest absolute Gasteiger partial charge is 0.225 e. The largest absolute Gasteiger partial charge is 0.311 e. The Morgan fingerprint density at radius 1 is 1.33 bits per heavy atom. The summed E-state index contributed by atoms with van der Waals surface area (Å²) in [5.74, 6) is 1.46. The summed E-state index contributed by atoms with van der Waals surface area (Å²) in [6.45, 7) is 0. The number of anilines is 1. The number of amides is 1. The van der Waals surface area contributed by atoms with Crippen molar-refractivity contribution in [1.82, 2.24) is 4.98 Å². The van der Waals surface area contributed by atoms with Crippen molar-refractivity contribution in [1.29, 1.82) is 0 Å². The lowest BCUT2D eigenvalue weighted by Gasteiger charge is -2.20. The van der Waals surface area contributed by atoms with Gasteiger partial charge in [0.1, 0.15) is 5.82 Å². The van der Waals surface area contributed by atoms with Gasteiger partial charge in [-0.25, -0.2) is 4.98 Å². The molecule has 0 aliphatic heterocycles. The van der Waals surface area contributed by atoms with Crippen LogP contribution in [0.2, 0.25) is 0 Å². The predicted molar refractivity (Wildman–Crippen MR) is 76.4 cm³/mol. The first-order valence-electron chi connectivity index (χ1n) is 6.65. The highest BCUT2D eigenvalue weighted by molar-refractivity contribution is 9.10. The van der Waals surface area contributed by atoms with Crippen molar-refractivity contribution in [2.75, 3.05) is 5.32 Å². The van der Waals surface area contributed by atoms with E-state index >= 15 is 0 Å². The van der Waals surface area contributed by atoms with Crippen LogP contribution in [0.4, 0.5) is 5.82 Å². The molecule has 0 aromatic carbocycles. The van der Waals surface area contributed by atoms with Gasteiger partial charge in [0, 0.05) is 17.1 Å². The van der Waals surface area contributed by atoms with Crippen LogP contribution in [0.25, 0.3) is 0 Å². The highest BCUT2D eigenvalue weighted by atomic mass is 79.9. The molecule has 1 fully saturated rings. The molecular formula is C14H19BrN2O. The fraction of sp³-hybridized carbons (Fsp3) is 0.571. The molecule has 1 heterocycles. The molecule has 1 saturated carbocycles.